The second-order valence-corrected chi connectivity index (χ2v) is 13.8. The van der Waals surface area contributed by atoms with Crippen molar-refractivity contribution in [2.75, 3.05) is 4.90 Å². The summed E-state index contributed by atoms with van der Waals surface area (Å²) in [6.07, 6.45) is -1.22. The number of anilines is 1. The molecule has 7 rings (SSSR count). The fourth-order valence-electron chi connectivity index (χ4n) is 7.28. The van der Waals surface area contributed by atoms with E-state index >= 15 is 0 Å². The first-order valence-electron chi connectivity index (χ1n) is 16.1. The van der Waals surface area contributed by atoms with Gasteiger partial charge in [-0.25, -0.2) is 4.39 Å². The van der Waals surface area contributed by atoms with Crippen molar-refractivity contribution < 1.29 is 32.0 Å². The van der Waals surface area contributed by atoms with E-state index < -0.39 is 22.6 Å². The van der Waals surface area contributed by atoms with Gasteiger partial charge in [0, 0.05) is 46.6 Å². The van der Waals surface area contributed by atoms with Gasteiger partial charge in [-0.3, -0.25) is 4.79 Å². The van der Waals surface area contributed by atoms with Gasteiger partial charge in [-0.2, -0.15) is 17.7 Å². The van der Waals surface area contributed by atoms with Crippen LogP contribution in [-0.2, 0) is 34.9 Å². The lowest BCUT2D eigenvalue weighted by atomic mass is 9.77. The summed E-state index contributed by atoms with van der Waals surface area (Å²) in [7, 11) is 0. The van der Waals surface area contributed by atoms with Crippen molar-refractivity contribution in [3.05, 3.63) is 165 Å². The average Bonchev–Trinajstić information content (AvgIpc) is 3.40. The molecule has 0 unspecified atom stereocenters. The van der Waals surface area contributed by atoms with Crippen LogP contribution in [0, 0.1) is 5.82 Å². The lowest BCUT2D eigenvalue weighted by molar-refractivity contribution is -0.455. The lowest BCUT2D eigenvalue weighted by Gasteiger charge is -2.29. The number of carbonyl (C=O) groups excluding carboxylic acids is 1. The van der Waals surface area contributed by atoms with E-state index in [2.05, 4.69) is 0 Å². The highest BCUT2D eigenvalue weighted by Crippen LogP contribution is 2.51. The molecule has 0 amide bonds. The summed E-state index contributed by atoms with van der Waals surface area (Å²) >= 11 is 0. The molecule has 1 N–H and O–H groups in total. The maximum Gasteiger partial charge on any atom is 0.416 e. The van der Waals surface area contributed by atoms with Gasteiger partial charge < -0.3 is 10.0 Å². The second-order valence-electron chi connectivity index (χ2n) is 13.8. The first kappa shape index (κ1) is 32.3. The van der Waals surface area contributed by atoms with Gasteiger partial charge in [0.25, 0.3) is 0 Å². The number of ketones is 1. The third kappa shape index (κ3) is 5.39. The van der Waals surface area contributed by atoms with Crippen molar-refractivity contribution in [2.45, 2.75) is 57.8 Å². The third-order valence-corrected chi connectivity index (χ3v) is 10.0. The number of benzene rings is 4. The van der Waals surface area contributed by atoms with E-state index in [0.29, 0.717) is 30.0 Å². The van der Waals surface area contributed by atoms with Crippen molar-refractivity contribution in [3.63, 3.8) is 0 Å². The number of nitrogens with zero attached hydrogens (tertiary/aromatic N) is 2. The Labute approximate surface area is 282 Å². The largest absolute Gasteiger partial charge is 0.506 e. The zero-order chi connectivity index (χ0) is 34.9. The van der Waals surface area contributed by atoms with E-state index in [9.17, 15) is 27.5 Å². The van der Waals surface area contributed by atoms with Gasteiger partial charge in [0.05, 0.1) is 22.1 Å². The van der Waals surface area contributed by atoms with Crippen molar-refractivity contribution >= 4 is 22.9 Å². The van der Waals surface area contributed by atoms with Crippen LogP contribution in [0.1, 0.15) is 55.5 Å². The molecule has 0 atom stereocenters. The monoisotopic (exact) mass is 663 g/mol. The Bertz CT molecular complexity index is 2140. The van der Waals surface area contributed by atoms with Crippen molar-refractivity contribution in [1.29, 1.82) is 0 Å². The zero-order valence-electron chi connectivity index (χ0n) is 27.6. The lowest BCUT2D eigenvalue weighted by Crippen LogP contribution is -2.32. The molecule has 0 bridgehead atoms. The molecule has 0 fully saturated rings. The summed E-state index contributed by atoms with van der Waals surface area (Å²) in [5.74, 6) is -0.929. The highest BCUT2D eigenvalue weighted by molar-refractivity contribution is 6.24. The molecule has 0 saturated heterocycles. The Balaban J connectivity index is 1.33. The molecule has 49 heavy (non-hydrogen) atoms. The summed E-state index contributed by atoms with van der Waals surface area (Å²) in [6.45, 7) is 8.41. The van der Waals surface area contributed by atoms with Crippen LogP contribution in [0.5, 0.6) is 0 Å². The SMILES string of the molecule is CC1(C)C(/C=C2/C(=O)C(/C=C3\N(Cc4ccccc4)c4ccc(C(F)(F)F)cc4C3(C)C)=C2O)=[N+](Cc2ccccc2)c2ccc(F)cc21. The molecular weight excluding hydrogens is 628 g/mol. The molecule has 0 saturated carbocycles. The molecule has 2 aliphatic heterocycles. The third-order valence-electron chi connectivity index (χ3n) is 10.0. The standard InChI is InChI=1S/C41H34F4N2O2/c1-39(2)31-19-27(41(43,44)45)15-17-33(31)46(23-25-11-7-5-8-12-25)35(39)21-29-37(48)30(38(29)49)22-36-40(3,4)32-20-28(42)16-18-34(32)47(36)24-26-13-9-6-10-14-26/h5-22H,23-24H2,1-4H3/p+1. The van der Waals surface area contributed by atoms with E-state index in [1.54, 1.807) is 18.2 Å². The van der Waals surface area contributed by atoms with E-state index in [4.69, 9.17) is 0 Å². The molecule has 3 aliphatic rings. The number of allylic oxidation sites excluding steroid dienone is 5. The minimum absolute atomic E-state index is 0.0887. The normalized spacial score (nSPS) is 19.5. The predicted molar refractivity (Wildman–Crippen MR) is 182 cm³/mol. The molecule has 4 aromatic carbocycles. The van der Waals surface area contributed by atoms with Crippen molar-refractivity contribution in [2.24, 2.45) is 0 Å². The zero-order valence-corrected chi connectivity index (χ0v) is 27.6. The molecule has 8 heteroatoms. The Morgan fingerprint density at radius 3 is 2.08 bits per heavy atom. The number of aliphatic hydroxyl groups is 1. The first-order chi connectivity index (χ1) is 23.2. The fourth-order valence-corrected chi connectivity index (χ4v) is 7.28. The number of halogens is 4. The molecule has 2 heterocycles. The number of Topliss-reactive ketones (excluding diaryl/α,β-unsaturated/α-hetero) is 1. The molecular formula is C41H35F4N2O2+. The van der Waals surface area contributed by atoms with Crippen LogP contribution >= 0.6 is 0 Å². The van der Waals surface area contributed by atoms with Gasteiger partial charge in [-0.15, -0.1) is 0 Å². The van der Waals surface area contributed by atoms with Gasteiger partial charge in [0.15, 0.2) is 12.3 Å². The molecule has 1 aliphatic carbocycles. The highest BCUT2D eigenvalue weighted by atomic mass is 19.4. The predicted octanol–water partition coefficient (Wildman–Crippen LogP) is 9.62. The quantitative estimate of drug-likeness (QED) is 0.127. The van der Waals surface area contributed by atoms with Crippen LogP contribution in [0.15, 0.2) is 132 Å². The molecule has 0 radical (unpaired) electrons. The maximum atomic E-state index is 14.5. The summed E-state index contributed by atoms with van der Waals surface area (Å²) < 4.78 is 58.0. The van der Waals surface area contributed by atoms with E-state index in [0.717, 1.165) is 34.2 Å². The summed E-state index contributed by atoms with van der Waals surface area (Å²) in [4.78, 5) is 15.8. The number of hydrogen-bond acceptors (Lipinski definition) is 3. The molecule has 0 aromatic heterocycles. The number of fused-ring (bicyclic) bond motifs is 2. The maximum absolute atomic E-state index is 14.5. The van der Waals surface area contributed by atoms with Gasteiger partial charge in [0.1, 0.15) is 11.6 Å². The minimum atomic E-state index is -4.52. The van der Waals surface area contributed by atoms with Gasteiger partial charge in [0.2, 0.25) is 11.5 Å². The number of hydrogen-bond donors (Lipinski definition) is 1. The Morgan fingerprint density at radius 1 is 0.796 bits per heavy atom. The van der Waals surface area contributed by atoms with E-state index in [1.165, 1.54) is 24.3 Å². The fraction of sp³-hybridized carbons (Fsp3) is 0.220. The summed E-state index contributed by atoms with van der Waals surface area (Å²) in [5.41, 5.74) is 3.84. The topological polar surface area (TPSA) is 43.6 Å². The van der Waals surface area contributed by atoms with Crippen molar-refractivity contribution in [1.82, 2.24) is 0 Å². The average molecular weight is 664 g/mol. The molecule has 4 aromatic rings. The highest BCUT2D eigenvalue weighted by Gasteiger charge is 2.48. The Hall–Kier alpha value is -5.24. The van der Waals surface area contributed by atoms with Crippen LogP contribution in [-0.4, -0.2) is 21.2 Å². The summed E-state index contributed by atoms with van der Waals surface area (Å²) in [6, 6.07) is 27.8. The summed E-state index contributed by atoms with van der Waals surface area (Å²) in [5, 5.41) is 11.5. The number of alkyl halides is 3. The van der Waals surface area contributed by atoms with Gasteiger partial charge >= 0.3 is 6.18 Å². The molecule has 4 nitrogen and oxygen atoms in total. The van der Waals surface area contributed by atoms with Crippen LogP contribution in [0.25, 0.3) is 0 Å². The van der Waals surface area contributed by atoms with Crippen LogP contribution in [0.3, 0.4) is 0 Å². The van der Waals surface area contributed by atoms with Crippen LogP contribution < -0.4 is 4.90 Å². The Kier molecular flexibility index (Phi) is 7.54. The number of carbonyl (C=O) groups is 1. The van der Waals surface area contributed by atoms with Crippen LogP contribution in [0.2, 0.25) is 0 Å². The van der Waals surface area contributed by atoms with E-state index in [-0.39, 0.29) is 28.5 Å². The number of rotatable bonds is 6. The van der Waals surface area contributed by atoms with Gasteiger partial charge in [-0.05, 0) is 61.4 Å². The van der Waals surface area contributed by atoms with Crippen molar-refractivity contribution in [3.8, 4) is 0 Å². The molecule has 248 valence electrons. The Morgan fingerprint density at radius 2 is 1.45 bits per heavy atom. The first-order valence-corrected chi connectivity index (χ1v) is 16.1. The minimum Gasteiger partial charge on any atom is -0.506 e. The smallest absolute Gasteiger partial charge is 0.416 e. The van der Waals surface area contributed by atoms with Crippen LogP contribution in [0.4, 0.5) is 28.9 Å². The second kappa shape index (κ2) is 11.4. The van der Waals surface area contributed by atoms with Gasteiger partial charge in [-0.1, -0.05) is 74.5 Å². The number of aliphatic hydroxyl groups excluding tert-OH is 1. The van der Waals surface area contributed by atoms with E-state index in [1.807, 2.05) is 97.8 Å². The molecule has 0 spiro atoms.